The number of nitrogens with zero attached hydrogens (tertiary/aromatic N) is 3. The molecule has 2 heterocycles. The lowest BCUT2D eigenvalue weighted by Gasteiger charge is -2.10. The van der Waals surface area contributed by atoms with Crippen molar-refractivity contribution in [3.63, 3.8) is 0 Å². The number of nitro benzene ring substituents is 1. The van der Waals surface area contributed by atoms with Gasteiger partial charge in [-0.25, -0.2) is 4.68 Å². The first-order valence-electron chi connectivity index (χ1n) is 9.99. The Hall–Kier alpha value is -4.41. The van der Waals surface area contributed by atoms with Crippen molar-refractivity contribution in [3.05, 3.63) is 58.3 Å². The van der Waals surface area contributed by atoms with Crippen molar-refractivity contribution in [2.75, 3.05) is 24.9 Å². The van der Waals surface area contributed by atoms with Crippen LogP contribution in [0.3, 0.4) is 0 Å². The number of para-hydroxylation sites is 2. The molecule has 3 aromatic rings. The largest absolute Gasteiger partial charge is 0.493 e. The number of amides is 2. The number of aromatic nitrogens is 2. The van der Waals surface area contributed by atoms with Crippen LogP contribution < -0.4 is 20.1 Å². The molecule has 1 atom stereocenters. The Kier molecular flexibility index (Phi) is 5.69. The number of fused-ring (bicyclic) bond motifs is 1. The van der Waals surface area contributed by atoms with Crippen LogP contribution in [0.2, 0.25) is 0 Å². The number of nitro groups is 1. The Morgan fingerprint density at radius 2 is 1.94 bits per heavy atom. The van der Waals surface area contributed by atoms with Gasteiger partial charge in [0.25, 0.3) is 11.6 Å². The minimum absolute atomic E-state index is 0.0637. The van der Waals surface area contributed by atoms with E-state index in [1.165, 1.54) is 30.0 Å². The monoisotopic (exact) mass is 451 g/mol. The molecule has 170 valence electrons. The van der Waals surface area contributed by atoms with Crippen molar-refractivity contribution in [2.45, 2.75) is 19.4 Å². The van der Waals surface area contributed by atoms with E-state index in [1.807, 2.05) is 6.07 Å². The van der Waals surface area contributed by atoms with Gasteiger partial charge in [-0.15, -0.1) is 0 Å². The molecule has 0 aliphatic carbocycles. The number of aryl methyl sites for hydroxylation is 1. The van der Waals surface area contributed by atoms with Gasteiger partial charge in [0.2, 0.25) is 5.91 Å². The van der Waals surface area contributed by atoms with E-state index in [9.17, 15) is 19.7 Å². The Bertz CT molecular complexity index is 1270. The van der Waals surface area contributed by atoms with Crippen LogP contribution in [-0.4, -0.2) is 40.7 Å². The highest BCUT2D eigenvalue weighted by Crippen LogP contribution is 2.41. The van der Waals surface area contributed by atoms with Crippen LogP contribution in [0, 0.1) is 17.0 Å². The summed E-state index contributed by atoms with van der Waals surface area (Å²) in [7, 11) is 3.07. The molecule has 1 aliphatic heterocycles. The van der Waals surface area contributed by atoms with Gasteiger partial charge < -0.3 is 20.1 Å². The smallest absolute Gasteiger partial charge is 0.292 e. The predicted octanol–water partition coefficient (Wildman–Crippen LogP) is 3.31. The zero-order chi connectivity index (χ0) is 23.7. The van der Waals surface area contributed by atoms with Gasteiger partial charge in [-0.3, -0.25) is 19.7 Å². The summed E-state index contributed by atoms with van der Waals surface area (Å²) in [4.78, 5) is 35.9. The summed E-state index contributed by atoms with van der Waals surface area (Å²) in [5.74, 6) is 0.624. The molecule has 0 saturated heterocycles. The molecule has 4 rings (SSSR count). The zero-order valence-electron chi connectivity index (χ0n) is 18.1. The summed E-state index contributed by atoms with van der Waals surface area (Å²) in [6.45, 7) is 1.80. The van der Waals surface area contributed by atoms with Gasteiger partial charge in [-0.1, -0.05) is 18.2 Å². The number of methoxy groups -OCH3 is 2. The fourth-order valence-corrected chi connectivity index (χ4v) is 3.84. The Morgan fingerprint density at radius 3 is 2.64 bits per heavy atom. The van der Waals surface area contributed by atoms with Crippen molar-refractivity contribution in [3.8, 4) is 22.6 Å². The predicted molar refractivity (Wildman–Crippen MR) is 120 cm³/mol. The van der Waals surface area contributed by atoms with Crippen molar-refractivity contribution < 1.29 is 24.0 Å². The van der Waals surface area contributed by atoms with E-state index in [4.69, 9.17) is 9.47 Å². The van der Waals surface area contributed by atoms with Crippen LogP contribution in [0.5, 0.6) is 11.5 Å². The maximum Gasteiger partial charge on any atom is 0.292 e. The highest BCUT2D eigenvalue weighted by molar-refractivity contribution is 6.04. The normalized spacial score (nSPS) is 14.4. The number of carbonyl (C=O) groups excluding carboxylic acids is 2. The first-order chi connectivity index (χ1) is 15.8. The molecule has 0 fully saturated rings. The molecule has 1 aromatic heterocycles. The van der Waals surface area contributed by atoms with Crippen LogP contribution in [0.15, 0.2) is 42.5 Å². The van der Waals surface area contributed by atoms with Gasteiger partial charge in [0.1, 0.15) is 17.5 Å². The van der Waals surface area contributed by atoms with Crippen molar-refractivity contribution in [1.29, 1.82) is 0 Å². The molecule has 2 N–H and O–H groups in total. The van der Waals surface area contributed by atoms with Crippen molar-refractivity contribution in [1.82, 2.24) is 9.78 Å². The molecule has 0 spiro atoms. The average Bonchev–Trinajstić information content (AvgIpc) is 3.26. The Balaban J connectivity index is 1.61. The third-order valence-electron chi connectivity index (χ3n) is 5.35. The summed E-state index contributed by atoms with van der Waals surface area (Å²) in [5.41, 5.74) is 1.95. The van der Waals surface area contributed by atoms with E-state index in [0.717, 1.165) is 5.56 Å². The fraction of sp³-hybridized carbons (Fsp3) is 0.227. The van der Waals surface area contributed by atoms with Crippen LogP contribution in [0.25, 0.3) is 11.1 Å². The van der Waals surface area contributed by atoms with Gasteiger partial charge in [0, 0.05) is 11.6 Å². The van der Waals surface area contributed by atoms with Crippen LogP contribution in [0.1, 0.15) is 18.2 Å². The minimum atomic E-state index is -0.893. The molecule has 0 saturated carbocycles. The first kappa shape index (κ1) is 21.8. The molecular formula is C22H21N5O6. The summed E-state index contributed by atoms with van der Waals surface area (Å²) in [5, 5.41) is 21.0. The maximum atomic E-state index is 12.7. The number of hydrogen-bond donors (Lipinski definition) is 2. The van der Waals surface area contributed by atoms with Gasteiger partial charge >= 0.3 is 0 Å². The molecule has 1 aliphatic rings. The minimum Gasteiger partial charge on any atom is -0.493 e. The number of nitrogens with one attached hydrogen (secondary N) is 2. The standard InChI is InChI=1S/C22H21N5O6/c1-12-20(13-8-9-17(32-2)18(10-13)33-3)21-24-22(29)16(26(21)25-12)11-19(28)23-14-6-4-5-7-15(14)27(30)31/h4-10,16H,11H2,1-3H3,(H,23,28)(H,24,29). The number of hydrogen-bond acceptors (Lipinski definition) is 7. The molecule has 11 heteroatoms. The lowest BCUT2D eigenvalue weighted by atomic mass is 10.1. The average molecular weight is 451 g/mol. The zero-order valence-corrected chi connectivity index (χ0v) is 18.1. The lowest BCUT2D eigenvalue weighted by Crippen LogP contribution is -2.24. The van der Waals surface area contributed by atoms with Crippen molar-refractivity contribution in [2.24, 2.45) is 0 Å². The second-order valence-electron chi connectivity index (χ2n) is 7.35. The number of carbonyl (C=O) groups is 2. The molecule has 2 aromatic carbocycles. The SMILES string of the molecule is COc1ccc(-c2c(C)nn3c2NC(=O)C3CC(=O)Nc2ccccc2[N+](=O)[O-])cc1OC. The van der Waals surface area contributed by atoms with E-state index in [1.54, 1.807) is 32.2 Å². The maximum absolute atomic E-state index is 12.7. The summed E-state index contributed by atoms with van der Waals surface area (Å²) in [6.07, 6.45) is -0.239. The highest BCUT2D eigenvalue weighted by atomic mass is 16.6. The van der Waals surface area contributed by atoms with Crippen LogP contribution >= 0.6 is 0 Å². The second-order valence-corrected chi connectivity index (χ2v) is 7.35. The summed E-state index contributed by atoms with van der Waals surface area (Å²) >= 11 is 0. The molecule has 11 nitrogen and oxygen atoms in total. The summed E-state index contributed by atoms with van der Waals surface area (Å²) < 4.78 is 12.1. The lowest BCUT2D eigenvalue weighted by molar-refractivity contribution is -0.383. The van der Waals surface area contributed by atoms with Gasteiger partial charge in [-0.05, 0) is 30.7 Å². The van der Waals surface area contributed by atoms with E-state index >= 15 is 0 Å². The Labute approximate surface area is 188 Å². The van der Waals surface area contributed by atoms with Gasteiger partial charge in [0.05, 0.1) is 31.3 Å². The molecule has 1 unspecified atom stereocenters. The quantitative estimate of drug-likeness (QED) is 0.415. The number of benzene rings is 2. The Morgan fingerprint density at radius 1 is 1.21 bits per heavy atom. The van der Waals surface area contributed by atoms with E-state index in [-0.39, 0.29) is 17.8 Å². The third kappa shape index (κ3) is 3.95. The van der Waals surface area contributed by atoms with E-state index in [0.29, 0.717) is 28.6 Å². The van der Waals surface area contributed by atoms with Crippen LogP contribution in [0.4, 0.5) is 17.2 Å². The molecule has 0 bridgehead atoms. The van der Waals surface area contributed by atoms with Crippen LogP contribution in [-0.2, 0) is 9.59 Å². The molecule has 0 radical (unpaired) electrons. The molecular weight excluding hydrogens is 430 g/mol. The number of anilines is 2. The topological polar surface area (TPSA) is 138 Å². The van der Waals surface area contributed by atoms with E-state index in [2.05, 4.69) is 15.7 Å². The first-order valence-corrected chi connectivity index (χ1v) is 9.99. The van der Waals surface area contributed by atoms with E-state index < -0.39 is 22.8 Å². The van der Waals surface area contributed by atoms with Crippen molar-refractivity contribution >= 4 is 29.0 Å². The third-order valence-corrected chi connectivity index (χ3v) is 5.35. The molecule has 33 heavy (non-hydrogen) atoms. The fourth-order valence-electron chi connectivity index (χ4n) is 3.84. The second kappa shape index (κ2) is 8.61. The summed E-state index contributed by atoms with van der Waals surface area (Å²) in [6, 6.07) is 10.3. The number of ether oxygens (including phenoxy) is 2. The van der Waals surface area contributed by atoms with Gasteiger partial charge in [-0.2, -0.15) is 5.10 Å². The number of rotatable bonds is 7. The van der Waals surface area contributed by atoms with Gasteiger partial charge in [0.15, 0.2) is 11.5 Å². The molecule has 2 amide bonds. The highest BCUT2D eigenvalue weighted by Gasteiger charge is 2.36.